The maximum atomic E-state index is 13.4. The first-order valence-electron chi connectivity index (χ1n) is 18.5. The molecule has 54 heavy (non-hydrogen) atoms. The fraction of sp³-hybridized carbons (Fsp3) is 0.390. The number of allylic oxidation sites excluding steroid dienone is 1. The monoisotopic (exact) mass is 766 g/mol. The van der Waals surface area contributed by atoms with Crippen LogP contribution in [0.5, 0.6) is 0 Å². The summed E-state index contributed by atoms with van der Waals surface area (Å²) in [6.07, 6.45) is 5.23. The summed E-state index contributed by atoms with van der Waals surface area (Å²) in [6, 6.07) is 11.7. The minimum Gasteiger partial charge on any atom is -0.381 e. The molecule has 3 aliphatic rings. The van der Waals surface area contributed by atoms with E-state index in [9.17, 15) is 19.2 Å². The van der Waals surface area contributed by atoms with E-state index in [1.165, 1.54) is 4.88 Å². The Hall–Kier alpha value is -4.78. The average molecular weight is 767 g/mol. The van der Waals surface area contributed by atoms with Crippen molar-refractivity contribution in [2.45, 2.75) is 90.6 Å². The number of hydrogen-bond acceptors (Lipinski definition) is 9. The average Bonchev–Trinajstić information content (AvgIpc) is 3.72. The van der Waals surface area contributed by atoms with Crippen molar-refractivity contribution in [3.05, 3.63) is 110 Å². The number of unbranched alkanes of at least 4 members (excludes halogenated alkanes) is 2. The lowest BCUT2D eigenvalue weighted by Crippen LogP contribution is -2.51. The van der Waals surface area contributed by atoms with Gasteiger partial charge in [0.05, 0.1) is 16.8 Å². The SMILES string of the molecule is C=C1CCC(N2C(=O)c3cccc(CCCOCCCCCC(=O)C[C@@H]4N=C(c5ccc(Cl)cc5)c5c(sc(C)c5C)-n5c(C)nnc54)c3C2=O)C(=O)N1. The molecule has 280 valence electrons. The molecule has 11 nitrogen and oxygen atoms in total. The molecule has 0 radical (unpaired) electrons. The lowest BCUT2D eigenvalue weighted by Gasteiger charge is -2.29. The molecule has 3 aliphatic heterocycles. The molecule has 13 heteroatoms. The number of nitrogens with one attached hydrogen (secondary N) is 1. The van der Waals surface area contributed by atoms with Gasteiger partial charge in [-0.3, -0.25) is 33.6 Å². The molecule has 4 aromatic rings. The minimum atomic E-state index is -0.831. The number of aryl methyl sites for hydroxylation is 3. The summed E-state index contributed by atoms with van der Waals surface area (Å²) in [5.41, 5.74) is 6.07. The van der Waals surface area contributed by atoms with E-state index in [1.54, 1.807) is 23.5 Å². The van der Waals surface area contributed by atoms with Crippen molar-refractivity contribution in [2.24, 2.45) is 4.99 Å². The molecule has 1 fully saturated rings. The number of benzene rings is 2. The van der Waals surface area contributed by atoms with E-state index >= 15 is 0 Å². The number of ketones is 1. The normalized spacial score (nSPS) is 17.9. The molecular weight excluding hydrogens is 724 g/mol. The van der Waals surface area contributed by atoms with Gasteiger partial charge in [-0.25, -0.2) is 0 Å². The maximum Gasteiger partial charge on any atom is 0.262 e. The van der Waals surface area contributed by atoms with Gasteiger partial charge in [0.1, 0.15) is 28.7 Å². The van der Waals surface area contributed by atoms with Gasteiger partial charge in [-0.1, -0.05) is 48.9 Å². The molecule has 0 aliphatic carbocycles. The first-order chi connectivity index (χ1) is 26.0. The van der Waals surface area contributed by atoms with E-state index < -0.39 is 23.9 Å². The minimum absolute atomic E-state index is 0.127. The molecule has 0 spiro atoms. The number of amides is 3. The van der Waals surface area contributed by atoms with Crippen LogP contribution in [0.3, 0.4) is 0 Å². The number of aromatic nitrogens is 3. The van der Waals surface area contributed by atoms with Crippen molar-refractivity contribution < 1.29 is 23.9 Å². The highest BCUT2D eigenvalue weighted by Crippen LogP contribution is 2.40. The summed E-state index contributed by atoms with van der Waals surface area (Å²) in [4.78, 5) is 60.0. The number of Topliss-reactive ketones (excluding diaryl/α,β-unsaturated/α-hetero) is 1. The number of carbonyl (C=O) groups is 4. The molecule has 5 heterocycles. The molecule has 7 rings (SSSR count). The highest BCUT2D eigenvalue weighted by molar-refractivity contribution is 7.15. The van der Waals surface area contributed by atoms with Gasteiger partial charge in [0.15, 0.2) is 5.82 Å². The number of piperidine rings is 1. The van der Waals surface area contributed by atoms with Crippen LogP contribution < -0.4 is 5.32 Å². The van der Waals surface area contributed by atoms with Crippen LogP contribution in [0.25, 0.3) is 5.00 Å². The first kappa shape index (κ1) is 37.5. The van der Waals surface area contributed by atoms with Crippen LogP contribution in [-0.4, -0.2) is 68.1 Å². The van der Waals surface area contributed by atoms with Crippen molar-refractivity contribution in [3.63, 3.8) is 0 Å². The van der Waals surface area contributed by atoms with Gasteiger partial charge >= 0.3 is 0 Å². The zero-order chi connectivity index (χ0) is 38.1. The Balaban J connectivity index is 0.889. The summed E-state index contributed by atoms with van der Waals surface area (Å²) in [5.74, 6) is 0.350. The van der Waals surface area contributed by atoms with Gasteiger partial charge in [0.2, 0.25) is 5.91 Å². The van der Waals surface area contributed by atoms with Crippen molar-refractivity contribution in [1.29, 1.82) is 0 Å². The molecular formula is C41H43ClN6O5S. The first-order valence-corrected chi connectivity index (χ1v) is 19.7. The number of halogens is 1. The molecule has 1 N–H and O–H groups in total. The molecule has 2 atom stereocenters. The Kier molecular flexibility index (Phi) is 11.1. The number of hydrogen-bond donors (Lipinski definition) is 1. The number of fused-ring (bicyclic) bond motifs is 4. The van der Waals surface area contributed by atoms with E-state index in [4.69, 9.17) is 21.3 Å². The third-order valence-corrected chi connectivity index (χ3v) is 11.9. The highest BCUT2D eigenvalue weighted by Gasteiger charge is 2.44. The number of aliphatic imine (C=N–C) groups is 1. The van der Waals surface area contributed by atoms with Crippen LogP contribution in [0.2, 0.25) is 5.02 Å². The third kappa shape index (κ3) is 7.34. The Morgan fingerprint density at radius 3 is 2.54 bits per heavy atom. The van der Waals surface area contributed by atoms with Crippen molar-refractivity contribution >= 4 is 52.2 Å². The molecule has 2 aromatic heterocycles. The number of carbonyl (C=O) groups excluding carboxylic acids is 4. The Morgan fingerprint density at radius 2 is 1.76 bits per heavy atom. The maximum absolute atomic E-state index is 13.4. The summed E-state index contributed by atoms with van der Waals surface area (Å²) in [7, 11) is 0. The van der Waals surface area contributed by atoms with Gasteiger partial charge in [-0.15, -0.1) is 21.5 Å². The van der Waals surface area contributed by atoms with Gasteiger partial charge in [-0.2, -0.15) is 0 Å². The highest BCUT2D eigenvalue weighted by atomic mass is 35.5. The number of thiophene rings is 1. The topological polar surface area (TPSA) is 136 Å². The second kappa shape index (κ2) is 15.9. The van der Waals surface area contributed by atoms with Gasteiger partial charge < -0.3 is 10.1 Å². The Bertz CT molecular complexity index is 2190. The van der Waals surface area contributed by atoms with Gasteiger partial charge in [0.25, 0.3) is 11.8 Å². The molecule has 3 amide bonds. The molecule has 0 bridgehead atoms. The van der Waals surface area contributed by atoms with Crippen LogP contribution in [0, 0.1) is 20.8 Å². The van der Waals surface area contributed by atoms with Crippen LogP contribution in [0.1, 0.15) is 117 Å². The quantitative estimate of drug-likeness (QED) is 0.105. The van der Waals surface area contributed by atoms with Crippen molar-refractivity contribution in [1.82, 2.24) is 25.0 Å². The summed E-state index contributed by atoms with van der Waals surface area (Å²) < 4.78 is 7.96. The van der Waals surface area contributed by atoms with E-state index in [2.05, 4.69) is 40.5 Å². The Labute approximate surface area is 323 Å². The van der Waals surface area contributed by atoms with Crippen LogP contribution in [0.4, 0.5) is 0 Å². The van der Waals surface area contributed by atoms with Crippen LogP contribution >= 0.6 is 22.9 Å². The fourth-order valence-corrected chi connectivity index (χ4v) is 8.83. The number of ether oxygens (including phenoxy) is 1. The lowest BCUT2D eigenvalue weighted by molar-refractivity contribution is -0.125. The molecule has 1 saturated heterocycles. The summed E-state index contributed by atoms with van der Waals surface area (Å²) >= 11 is 7.92. The third-order valence-electron chi connectivity index (χ3n) is 10.4. The summed E-state index contributed by atoms with van der Waals surface area (Å²) in [5, 5.41) is 13.2. The van der Waals surface area contributed by atoms with E-state index in [0.717, 1.165) is 63.0 Å². The van der Waals surface area contributed by atoms with E-state index in [1.807, 2.05) is 37.3 Å². The van der Waals surface area contributed by atoms with Crippen LogP contribution in [-0.2, 0) is 20.7 Å². The predicted octanol–water partition coefficient (Wildman–Crippen LogP) is 7.36. The second-order valence-corrected chi connectivity index (χ2v) is 15.8. The molecule has 0 saturated carbocycles. The largest absolute Gasteiger partial charge is 0.381 e. The van der Waals surface area contributed by atoms with Gasteiger partial charge in [-0.05, 0) is 88.6 Å². The van der Waals surface area contributed by atoms with E-state index in [-0.39, 0.29) is 18.1 Å². The number of rotatable bonds is 14. The fourth-order valence-electron chi connectivity index (χ4n) is 7.49. The van der Waals surface area contributed by atoms with Crippen molar-refractivity contribution in [2.75, 3.05) is 13.2 Å². The lowest BCUT2D eigenvalue weighted by atomic mass is 9.99. The van der Waals surface area contributed by atoms with Gasteiger partial charge in [0, 0.05) is 52.8 Å². The molecule has 2 aromatic carbocycles. The summed E-state index contributed by atoms with van der Waals surface area (Å²) in [6.45, 7) is 11.0. The second-order valence-electron chi connectivity index (χ2n) is 14.1. The standard InChI is InChI=1S/C41H43ClN6O5S/c1-23-14-19-33(38(50)43-23)48-39(51)31-13-8-10-27(35(31)40(48)52)11-9-21-53-20-7-5-6-12-30(49)22-32-37-46-45-26(4)47(37)41-34(24(2)25(3)54-41)36(44-32)28-15-17-29(42)18-16-28/h8,10,13,15-18,32-33H,1,5-7,9,11-12,14,19-22H2,2-4H3,(H,43,50)/t32-,33?/m0/s1. The molecule has 1 unspecified atom stereocenters. The predicted molar refractivity (Wildman–Crippen MR) is 208 cm³/mol. The Morgan fingerprint density at radius 1 is 0.981 bits per heavy atom. The van der Waals surface area contributed by atoms with E-state index in [0.29, 0.717) is 73.0 Å². The van der Waals surface area contributed by atoms with Crippen molar-refractivity contribution in [3.8, 4) is 5.00 Å². The number of nitrogens with zero attached hydrogens (tertiary/aromatic N) is 5. The zero-order valence-electron chi connectivity index (χ0n) is 30.7. The van der Waals surface area contributed by atoms with Crippen LogP contribution in [0.15, 0.2) is 59.7 Å². The zero-order valence-corrected chi connectivity index (χ0v) is 32.3. The smallest absolute Gasteiger partial charge is 0.262 e. The number of imide groups is 1.